The van der Waals surface area contributed by atoms with Crippen LogP contribution >= 0.6 is 0 Å². The Kier molecular flexibility index (Phi) is 4.90. The van der Waals surface area contributed by atoms with Crippen LogP contribution in [0.5, 0.6) is 0 Å². The summed E-state index contributed by atoms with van der Waals surface area (Å²) in [6, 6.07) is 6.43. The lowest BCUT2D eigenvalue weighted by Gasteiger charge is -2.26. The van der Waals surface area contributed by atoms with E-state index in [2.05, 4.69) is 5.10 Å². The zero-order chi connectivity index (χ0) is 18.1. The lowest BCUT2D eigenvalue weighted by molar-refractivity contribution is 0.0681. The monoisotopic (exact) mass is 345 g/mol. The van der Waals surface area contributed by atoms with Gasteiger partial charge in [0, 0.05) is 23.8 Å². The quantitative estimate of drug-likeness (QED) is 0.927. The Labute approximate surface area is 147 Å². The summed E-state index contributed by atoms with van der Waals surface area (Å²) in [5.41, 5.74) is 2.33. The highest BCUT2D eigenvalue weighted by atomic mass is 19.1. The fourth-order valence-electron chi connectivity index (χ4n) is 3.59. The zero-order valence-corrected chi connectivity index (χ0v) is 14.9. The molecule has 0 aliphatic carbocycles. The molecule has 1 aromatic carbocycles. The summed E-state index contributed by atoms with van der Waals surface area (Å²) in [6.45, 7) is 6.10. The van der Waals surface area contributed by atoms with Crippen LogP contribution in [0.4, 0.5) is 4.39 Å². The number of benzene rings is 1. The number of rotatable bonds is 4. The molecule has 1 aromatic heterocycles. The first-order chi connectivity index (χ1) is 11.9. The van der Waals surface area contributed by atoms with Gasteiger partial charge in [0.15, 0.2) is 0 Å². The molecular formula is C19H24FN3O2. The second-order valence-electron chi connectivity index (χ2n) is 6.88. The van der Waals surface area contributed by atoms with Crippen molar-refractivity contribution in [3.05, 3.63) is 47.0 Å². The third-order valence-electron chi connectivity index (χ3n) is 4.68. The maximum atomic E-state index is 14.6. The van der Waals surface area contributed by atoms with E-state index in [0.29, 0.717) is 24.2 Å². The number of carbonyl (C=O) groups excluding carboxylic acids is 1. The molecule has 5 nitrogen and oxygen atoms in total. The summed E-state index contributed by atoms with van der Waals surface area (Å²) in [6.07, 6.45) is 1.89. The van der Waals surface area contributed by atoms with Gasteiger partial charge in [-0.1, -0.05) is 0 Å². The molecule has 0 radical (unpaired) electrons. The number of likely N-dealkylation sites (tertiary alicyclic amines) is 1. The highest BCUT2D eigenvalue weighted by molar-refractivity contribution is 5.94. The molecule has 1 N–H and O–H groups in total. The molecular weight excluding hydrogens is 321 g/mol. The second kappa shape index (κ2) is 6.96. The molecule has 1 saturated heterocycles. The van der Waals surface area contributed by atoms with Gasteiger partial charge in [0.2, 0.25) is 0 Å². The van der Waals surface area contributed by atoms with Crippen molar-refractivity contribution in [3.8, 4) is 5.69 Å². The first-order valence-electron chi connectivity index (χ1n) is 8.69. The fourth-order valence-corrected chi connectivity index (χ4v) is 3.59. The third-order valence-corrected chi connectivity index (χ3v) is 4.68. The van der Waals surface area contributed by atoms with Gasteiger partial charge in [0.05, 0.1) is 11.8 Å². The number of hydrogen-bond donors (Lipinski definition) is 1. The van der Waals surface area contributed by atoms with Crippen molar-refractivity contribution in [2.24, 2.45) is 0 Å². The van der Waals surface area contributed by atoms with Crippen LogP contribution < -0.4 is 0 Å². The molecule has 25 heavy (non-hydrogen) atoms. The van der Waals surface area contributed by atoms with Gasteiger partial charge in [0.25, 0.3) is 5.91 Å². The molecule has 0 saturated carbocycles. The molecule has 1 amide bonds. The fraction of sp³-hybridized carbons (Fsp3) is 0.474. The minimum Gasteiger partial charge on any atom is -0.393 e. The summed E-state index contributed by atoms with van der Waals surface area (Å²) in [5.74, 6) is -0.648. The average Bonchev–Trinajstić information content (AvgIpc) is 3.12. The minimum atomic E-state index is -0.469. The summed E-state index contributed by atoms with van der Waals surface area (Å²) in [4.78, 5) is 14.5. The number of hydrogen-bond acceptors (Lipinski definition) is 3. The zero-order valence-electron chi connectivity index (χ0n) is 14.9. The van der Waals surface area contributed by atoms with Gasteiger partial charge in [-0.2, -0.15) is 5.10 Å². The van der Waals surface area contributed by atoms with E-state index in [1.807, 2.05) is 19.9 Å². The van der Waals surface area contributed by atoms with Gasteiger partial charge in [-0.15, -0.1) is 0 Å². The van der Waals surface area contributed by atoms with Gasteiger partial charge in [0.1, 0.15) is 11.5 Å². The van der Waals surface area contributed by atoms with Crippen molar-refractivity contribution in [1.82, 2.24) is 14.7 Å². The predicted octanol–water partition coefficient (Wildman–Crippen LogP) is 3.00. The SMILES string of the molecule is Cc1cc(C)n(-c2ccc(C(=O)N3CCCC3CC(C)O)cc2F)n1. The van der Waals surface area contributed by atoms with E-state index in [1.165, 1.54) is 6.07 Å². The highest BCUT2D eigenvalue weighted by Gasteiger charge is 2.30. The van der Waals surface area contributed by atoms with E-state index in [4.69, 9.17) is 0 Å². The summed E-state index contributed by atoms with van der Waals surface area (Å²) in [7, 11) is 0. The largest absolute Gasteiger partial charge is 0.393 e. The normalized spacial score (nSPS) is 18.6. The number of aryl methyl sites for hydroxylation is 2. The van der Waals surface area contributed by atoms with Crippen LogP contribution in [0, 0.1) is 19.7 Å². The average molecular weight is 345 g/mol. The molecule has 1 aliphatic heterocycles. The number of aliphatic hydroxyl groups excluding tert-OH is 1. The van der Waals surface area contributed by atoms with Gasteiger partial charge < -0.3 is 10.0 Å². The van der Waals surface area contributed by atoms with E-state index >= 15 is 0 Å². The Hall–Kier alpha value is -2.21. The summed E-state index contributed by atoms with van der Waals surface area (Å²) >= 11 is 0. The first kappa shape index (κ1) is 17.6. The van der Waals surface area contributed by atoms with Crippen LogP contribution in [0.15, 0.2) is 24.3 Å². The highest BCUT2D eigenvalue weighted by Crippen LogP contribution is 2.25. The molecule has 6 heteroatoms. The topological polar surface area (TPSA) is 58.4 Å². The maximum Gasteiger partial charge on any atom is 0.254 e. The van der Waals surface area contributed by atoms with Crippen molar-refractivity contribution in [1.29, 1.82) is 0 Å². The number of aliphatic hydroxyl groups is 1. The molecule has 1 aliphatic rings. The Morgan fingerprint density at radius 1 is 1.40 bits per heavy atom. The minimum absolute atomic E-state index is 0.0197. The molecule has 2 unspecified atom stereocenters. The molecule has 2 atom stereocenters. The van der Waals surface area contributed by atoms with Crippen LogP contribution in [0.25, 0.3) is 5.69 Å². The Morgan fingerprint density at radius 2 is 2.16 bits per heavy atom. The van der Waals surface area contributed by atoms with Crippen LogP contribution in [0.2, 0.25) is 0 Å². The summed E-state index contributed by atoms with van der Waals surface area (Å²) in [5, 5.41) is 13.9. The van der Waals surface area contributed by atoms with Crippen molar-refractivity contribution in [2.75, 3.05) is 6.54 Å². The molecule has 1 fully saturated rings. The molecule has 0 spiro atoms. The smallest absolute Gasteiger partial charge is 0.254 e. The summed E-state index contributed by atoms with van der Waals surface area (Å²) < 4.78 is 16.2. The van der Waals surface area contributed by atoms with Crippen molar-refractivity contribution in [3.63, 3.8) is 0 Å². The Balaban J connectivity index is 1.85. The van der Waals surface area contributed by atoms with E-state index < -0.39 is 11.9 Å². The lowest BCUT2D eigenvalue weighted by atomic mass is 10.1. The lowest BCUT2D eigenvalue weighted by Crippen LogP contribution is -2.37. The molecule has 2 heterocycles. The van der Waals surface area contributed by atoms with E-state index in [0.717, 1.165) is 24.2 Å². The standard InChI is InChI=1S/C19H24FN3O2/c1-12-9-13(2)23(21-12)18-7-6-15(11-17(18)20)19(25)22-8-4-5-16(22)10-14(3)24/h6-7,9,11,14,16,24H,4-5,8,10H2,1-3H3. The van der Waals surface area contributed by atoms with Gasteiger partial charge in [-0.05, 0) is 64.3 Å². The number of nitrogens with zero attached hydrogens (tertiary/aromatic N) is 3. The van der Waals surface area contributed by atoms with Crippen molar-refractivity contribution in [2.45, 2.75) is 52.2 Å². The van der Waals surface area contributed by atoms with Crippen LogP contribution in [-0.4, -0.2) is 44.4 Å². The van der Waals surface area contributed by atoms with E-state index in [-0.39, 0.29) is 11.9 Å². The number of aromatic nitrogens is 2. The Bertz CT molecular complexity index is 785. The third kappa shape index (κ3) is 3.58. The van der Waals surface area contributed by atoms with Crippen LogP contribution in [0.3, 0.4) is 0 Å². The van der Waals surface area contributed by atoms with Crippen molar-refractivity contribution >= 4 is 5.91 Å². The first-order valence-corrected chi connectivity index (χ1v) is 8.69. The molecule has 3 rings (SSSR count). The molecule has 2 aromatic rings. The number of carbonyl (C=O) groups is 1. The van der Waals surface area contributed by atoms with Gasteiger partial charge >= 0.3 is 0 Å². The second-order valence-corrected chi connectivity index (χ2v) is 6.88. The van der Waals surface area contributed by atoms with Crippen molar-refractivity contribution < 1.29 is 14.3 Å². The number of halogens is 1. The van der Waals surface area contributed by atoms with E-state index in [1.54, 1.807) is 28.6 Å². The van der Waals surface area contributed by atoms with Gasteiger partial charge in [-0.3, -0.25) is 4.79 Å². The molecule has 0 bridgehead atoms. The van der Waals surface area contributed by atoms with E-state index in [9.17, 15) is 14.3 Å². The molecule has 134 valence electrons. The predicted molar refractivity (Wildman–Crippen MR) is 93.4 cm³/mol. The number of amides is 1. The van der Waals surface area contributed by atoms with Gasteiger partial charge in [-0.25, -0.2) is 9.07 Å². The van der Waals surface area contributed by atoms with Crippen LogP contribution in [-0.2, 0) is 0 Å². The maximum absolute atomic E-state index is 14.6. The Morgan fingerprint density at radius 3 is 2.76 bits per heavy atom. The van der Waals surface area contributed by atoms with Crippen LogP contribution in [0.1, 0.15) is 47.9 Å².